The van der Waals surface area contributed by atoms with Gasteiger partial charge in [-0.1, -0.05) is 23.2 Å². The van der Waals surface area contributed by atoms with E-state index in [9.17, 15) is 5.11 Å². The van der Waals surface area contributed by atoms with Crippen LogP contribution in [0.1, 0.15) is 32.4 Å². The van der Waals surface area contributed by atoms with E-state index < -0.39 is 6.10 Å². The molecule has 0 amide bonds. The van der Waals surface area contributed by atoms with Crippen molar-refractivity contribution in [3.63, 3.8) is 0 Å². The van der Waals surface area contributed by atoms with Crippen molar-refractivity contribution in [1.29, 1.82) is 0 Å². The Bertz CT molecular complexity index is 359. The predicted molar refractivity (Wildman–Crippen MR) is 67.1 cm³/mol. The Labute approximate surface area is 106 Å². The highest BCUT2D eigenvalue weighted by molar-refractivity contribution is 6.33. The van der Waals surface area contributed by atoms with E-state index in [0.29, 0.717) is 15.6 Å². The SMILES string of the molecule is CC(C)(C)OCC(O)c1cc(Cl)ccc1Cl. The lowest BCUT2D eigenvalue weighted by Gasteiger charge is -2.22. The van der Waals surface area contributed by atoms with Crippen LogP contribution in [0.5, 0.6) is 0 Å². The molecule has 0 saturated heterocycles. The zero-order valence-corrected chi connectivity index (χ0v) is 11.1. The highest BCUT2D eigenvalue weighted by Gasteiger charge is 2.17. The van der Waals surface area contributed by atoms with Crippen molar-refractivity contribution in [2.45, 2.75) is 32.5 Å². The van der Waals surface area contributed by atoms with Crippen LogP contribution in [0.25, 0.3) is 0 Å². The van der Waals surface area contributed by atoms with Crippen LogP contribution in [0.4, 0.5) is 0 Å². The van der Waals surface area contributed by atoms with Crippen molar-refractivity contribution < 1.29 is 9.84 Å². The molecule has 0 bridgehead atoms. The molecule has 0 aliphatic carbocycles. The third-order valence-corrected chi connectivity index (χ3v) is 2.57. The lowest BCUT2D eigenvalue weighted by Crippen LogP contribution is -2.22. The first-order valence-electron chi connectivity index (χ1n) is 5.06. The fourth-order valence-electron chi connectivity index (χ4n) is 1.19. The van der Waals surface area contributed by atoms with Crippen molar-refractivity contribution in [2.75, 3.05) is 6.61 Å². The molecule has 0 heterocycles. The van der Waals surface area contributed by atoms with Crippen LogP contribution in [-0.4, -0.2) is 17.3 Å². The minimum absolute atomic E-state index is 0.198. The lowest BCUT2D eigenvalue weighted by atomic mass is 10.1. The number of aliphatic hydroxyl groups is 1. The number of hydrogen-bond acceptors (Lipinski definition) is 2. The smallest absolute Gasteiger partial charge is 0.104 e. The van der Waals surface area contributed by atoms with Crippen LogP contribution in [0, 0.1) is 0 Å². The van der Waals surface area contributed by atoms with Gasteiger partial charge in [0, 0.05) is 15.6 Å². The molecule has 1 atom stereocenters. The van der Waals surface area contributed by atoms with Gasteiger partial charge >= 0.3 is 0 Å². The van der Waals surface area contributed by atoms with E-state index in [-0.39, 0.29) is 12.2 Å². The minimum Gasteiger partial charge on any atom is -0.386 e. The lowest BCUT2D eigenvalue weighted by molar-refractivity contribution is -0.0496. The van der Waals surface area contributed by atoms with Crippen LogP contribution < -0.4 is 0 Å². The third kappa shape index (κ3) is 4.30. The first kappa shape index (κ1) is 13.8. The summed E-state index contributed by atoms with van der Waals surface area (Å²) in [6.07, 6.45) is -0.759. The molecular formula is C12H16Cl2O2. The number of benzene rings is 1. The summed E-state index contributed by atoms with van der Waals surface area (Å²) >= 11 is 11.8. The molecule has 1 aromatic rings. The Morgan fingerprint density at radius 3 is 2.50 bits per heavy atom. The van der Waals surface area contributed by atoms with Gasteiger partial charge in [-0.3, -0.25) is 0 Å². The summed E-state index contributed by atoms with van der Waals surface area (Å²) in [7, 11) is 0. The van der Waals surface area contributed by atoms with Crippen LogP contribution in [0.2, 0.25) is 10.0 Å². The highest BCUT2D eigenvalue weighted by Crippen LogP contribution is 2.27. The summed E-state index contributed by atoms with van der Waals surface area (Å²) < 4.78 is 5.49. The Morgan fingerprint density at radius 1 is 1.31 bits per heavy atom. The van der Waals surface area contributed by atoms with E-state index in [1.54, 1.807) is 18.2 Å². The number of rotatable bonds is 3. The van der Waals surface area contributed by atoms with Crippen molar-refractivity contribution >= 4 is 23.2 Å². The third-order valence-electron chi connectivity index (χ3n) is 1.99. The molecule has 0 fully saturated rings. The van der Waals surface area contributed by atoms with Gasteiger partial charge in [-0.05, 0) is 39.0 Å². The van der Waals surface area contributed by atoms with E-state index in [2.05, 4.69) is 0 Å². The first-order chi connectivity index (χ1) is 7.29. The molecule has 1 rings (SSSR count). The van der Waals surface area contributed by atoms with Crippen molar-refractivity contribution in [3.05, 3.63) is 33.8 Å². The molecule has 0 spiro atoms. The Morgan fingerprint density at radius 2 is 1.94 bits per heavy atom. The van der Waals surface area contributed by atoms with Crippen molar-refractivity contribution in [1.82, 2.24) is 0 Å². The molecule has 0 radical (unpaired) electrons. The number of hydrogen-bond donors (Lipinski definition) is 1. The van der Waals surface area contributed by atoms with E-state index in [4.69, 9.17) is 27.9 Å². The maximum absolute atomic E-state index is 9.92. The molecular weight excluding hydrogens is 247 g/mol. The molecule has 0 aliphatic heterocycles. The molecule has 2 nitrogen and oxygen atoms in total. The maximum Gasteiger partial charge on any atom is 0.104 e. The summed E-state index contributed by atoms with van der Waals surface area (Å²) in [6.45, 7) is 5.99. The van der Waals surface area contributed by atoms with Gasteiger partial charge in [-0.2, -0.15) is 0 Å². The Kier molecular flexibility index (Phi) is 4.62. The average Bonchev–Trinajstić information content (AvgIpc) is 2.17. The standard InChI is InChI=1S/C12H16Cl2O2/c1-12(2,3)16-7-11(15)9-6-8(13)4-5-10(9)14/h4-6,11,15H,7H2,1-3H3. The molecule has 0 saturated carbocycles. The summed E-state index contributed by atoms with van der Waals surface area (Å²) in [5.74, 6) is 0. The van der Waals surface area contributed by atoms with E-state index in [1.807, 2.05) is 20.8 Å². The number of halogens is 2. The van der Waals surface area contributed by atoms with E-state index >= 15 is 0 Å². The number of ether oxygens (including phenoxy) is 1. The Balaban J connectivity index is 2.73. The van der Waals surface area contributed by atoms with Crippen molar-refractivity contribution in [2.24, 2.45) is 0 Å². The zero-order chi connectivity index (χ0) is 12.3. The van der Waals surface area contributed by atoms with Gasteiger partial charge in [0.25, 0.3) is 0 Å². The van der Waals surface area contributed by atoms with Gasteiger partial charge in [-0.15, -0.1) is 0 Å². The molecule has 90 valence electrons. The molecule has 16 heavy (non-hydrogen) atoms. The summed E-state index contributed by atoms with van der Waals surface area (Å²) in [6, 6.07) is 5.00. The zero-order valence-electron chi connectivity index (χ0n) is 9.63. The molecule has 0 aliphatic rings. The summed E-state index contributed by atoms with van der Waals surface area (Å²) in [4.78, 5) is 0. The normalized spacial score (nSPS) is 13.9. The highest BCUT2D eigenvalue weighted by atomic mass is 35.5. The molecule has 0 aromatic heterocycles. The van der Waals surface area contributed by atoms with Gasteiger partial charge < -0.3 is 9.84 Å². The Hall–Kier alpha value is -0.280. The second kappa shape index (κ2) is 5.37. The molecule has 1 aromatic carbocycles. The monoisotopic (exact) mass is 262 g/mol. The minimum atomic E-state index is -0.759. The van der Waals surface area contributed by atoms with Crippen LogP contribution in [0.3, 0.4) is 0 Å². The second-order valence-corrected chi connectivity index (χ2v) is 5.45. The van der Waals surface area contributed by atoms with Gasteiger partial charge in [0.05, 0.1) is 12.2 Å². The average molecular weight is 263 g/mol. The van der Waals surface area contributed by atoms with Crippen molar-refractivity contribution in [3.8, 4) is 0 Å². The van der Waals surface area contributed by atoms with Crippen LogP contribution in [-0.2, 0) is 4.74 Å². The van der Waals surface area contributed by atoms with Crippen LogP contribution >= 0.6 is 23.2 Å². The maximum atomic E-state index is 9.92. The van der Waals surface area contributed by atoms with Crippen LogP contribution in [0.15, 0.2) is 18.2 Å². The van der Waals surface area contributed by atoms with Gasteiger partial charge in [0.2, 0.25) is 0 Å². The summed E-state index contributed by atoms with van der Waals surface area (Å²) in [5.41, 5.74) is 0.310. The predicted octanol–water partition coefficient (Wildman–Crippen LogP) is 3.84. The second-order valence-electron chi connectivity index (χ2n) is 4.61. The van der Waals surface area contributed by atoms with Gasteiger partial charge in [0.15, 0.2) is 0 Å². The number of aliphatic hydroxyl groups excluding tert-OH is 1. The first-order valence-corrected chi connectivity index (χ1v) is 5.82. The van der Waals surface area contributed by atoms with Gasteiger partial charge in [-0.25, -0.2) is 0 Å². The fraction of sp³-hybridized carbons (Fsp3) is 0.500. The quantitative estimate of drug-likeness (QED) is 0.897. The largest absolute Gasteiger partial charge is 0.386 e. The summed E-state index contributed by atoms with van der Waals surface area (Å²) in [5, 5.41) is 11.0. The molecule has 1 unspecified atom stereocenters. The molecule has 1 N–H and O–H groups in total. The fourth-order valence-corrected chi connectivity index (χ4v) is 1.61. The molecule has 4 heteroatoms. The van der Waals surface area contributed by atoms with Gasteiger partial charge in [0.1, 0.15) is 6.10 Å². The topological polar surface area (TPSA) is 29.5 Å². The van der Waals surface area contributed by atoms with E-state index in [0.717, 1.165) is 0 Å². The van der Waals surface area contributed by atoms with E-state index in [1.165, 1.54) is 0 Å².